The molecule has 3 rings (SSSR count). The number of aromatic nitrogens is 2. The van der Waals surface area contributed by atoms with Crippen molar-refractivity contribution < 1.29 is 9.90 Å². The molecule has 2 aliphatic rings. The van der Waals surface area contributed by atoms with Gasteiger partial charge >= 0.3 is 0 Å². The molecule has 0 radical (unpaired) electrons. The summed E-state index contributed by atoms with van der Waals surface area (Å²) in [6.45, 7) is 0.951. The second-order valence-corrected chi connectivity index (χ2v) is 5.14. The number of piperidine rings is 1. The number of halogens is 1. The molecule has 18 heavy (non-hydrogen) atoms. The largest absolute Gasteiger partial charge is 0.504 e. The van der Waals surface area contributed by atoms with Crippen LogP contribution in [-0.4, -0.2) is 39.6 Å². The summed E-state index contributed by atoms with van der Waals surface area (Å²) in [5.41, 5.74) is 0. The molecule has 1 aromatic heterocycles. The number of nitrogens with one attached hydrogen (secondary N) is 2. The number of carbonyl (C=O) groups is 1. The van der Waals surface area contributed by atoms with Crippen LogP contribution in [0.15, 0.2) is 6.20 Å². The molecular weight excluding hydrogens is 256 g/mol. The van der Waals surface area contributed by atoms with Crippen molar-refractivity contribution in [3.8, 4) is 5.75 Å². The lowest BCUT2D eigenvalue weighted by atomic mass is 10.0. The Bertz CT molecular complexity index is 496. The van der Waals surface area contributed by atoms with Crippen LogP contribution >= 0.6 is 11.6 Å². The van der Waals surface area contributed by atoms with Gasteiger partial charge in [-0.3, -0.25) is 4.79 Å². The number of hydrogen-bond donors (Lipinski definition) is 3. The monoisotopic (exact) mass is 268 g/mol. The average molecular weight is 269 g/mol. The predicted molar refractivity (Wildman–Crippen MR) is 64.5 cm³/mol. The highest BCUT2D eigenvalue weighted by molar-refractivity contribution is 6.30. The summed E-state index contributed by atoms with van der Waals surface area (Å²) in [5.74, 6) is -0.0770. The summed E-state index contributed by atoms with van der Waals surface area (Å²) in [6, 6.07) is 0.699. The standard InChI is InChI=1S/C11H13ClN4O2/c12-9-8(17)4-14-10(16-9)11(18)15-7-2-6-1-5(7)3-13-6/h4-7,13,17H,1-3H2,(H,15,18). The number of amides is 1. The molecule has 3 atom stereocenters. The molecule has 3 unspecified atom stereocenters. The fraction of sp³-hybridized carbons (Fsp3) is 0.545. The van der Waals surface area contributed by atoms with E-state index in [0.29, 0.717) is 12.0 Å². The van der Waals surface area contributed by atoms with Crippen LogP contribution in [0.3, 0.4) is 0 Å². The highest BCUT2D eigenvalue weighted by Gasteiger charge is 2.40. The normalized spacial score (nSPS) is 29.5. The van der Waals surface area contributed by atoms with E-state index in [2.05, 4.69) is 20.6 Å². The maximum absolute atomic E-state index is 11.9. The first-order valence-corrected chi connectivity index (χ1v) is 6.27. The number of nitrogens with zero attached hydrogens (tertiary/aromatic N) is 2. The highest BCUT2D eigenvalue weighted by atomic mass is 35.5. The van der Waals surface area contributed by atoms with E-state index in [1.807, 2.05) is 0 Å². The summed E-state index contributed by atoms with van der Waals surface area (Å²) in [6.07, 6.45) is 3.19. The Hall–Kier alpha value is -1.40. The molecule has 1 saturated heterocycles. The third kappa shape index (κ3) is 2.02. The van der Waals surface area contributed by atoms with E-state index in [9.17, 15) is 9.90 Å². The summed E-state index contributed by atoms with van der Waals surface area (Å²) in [4.78, 5) is 19.5. The van der Waals surface area contributed by atoms with Gasteiger partial charge in [0.2, 0.25) is 5.82 Å². The van der Waals surface area contributed by atoms with Crippen LogP contribution in [0.4, 0.5) is 0 Å². The van der Waals surface area contributed by atoms with Crippen molar-refractivity contribution in [3.63, 3.8) is 0 Å². The average Bonchev–Trinajstić information content (AvgIpc) is 2.94. The first kappa shape index (κ1) is 11.7. The van der Waals surface area contributed by atoms with Gasteiger partial charge in [0.1, 0.15) is 0 Å². The minimum absolute atomic E-state index is 0.00599. The van der Waals surface area contributed by atoms with Gasteiger partial charge in [0.15, 0.2) is 10.9 Å². The molecule has 6 nitrogen and oxygen atoms in total. The molecule has 2 fully saturated rings. The Balaban J connectivity index is 1.69. The molecule has 1 amide bonds. The van der Waals surface area contributed by atoms with Crippen molar-refractivity contribution in [2.45, 2.75) is 24.9 Å². The van der Waals surface area contributed by atoms with Gasteiger partial charge in [0, 0.05) is 18.6 Å². The number of aromatic hydroxyl groups is 1. The van der Waals surface area contributed by atoms with Crippen molar-refractivity contribution in [1.82, 2.24) is 20.6 Å². The molecule has 3 N–H and O–H groups in total. The van der Waals surface area contributed by atoms with Crippen LogP contribution < -0.4 is 10.6 Å². The molecule has 0 aromatic carbocycles. The van der Waals surface area contributed by atoms with Gasteiger partial charge in [-0.15, -0.1) is 0 Å². The fourth-order valence-electron chi connectivity index (χ4n) is 2.71. The van der Waals surface area contributed by atoms with Gasteiger partial charge < -0.3 is 15.7 Å². The van der Waals surface area contributed by atoms with E-state index >= 15 is 0 Å². The maximum atomic E-state index is 11.9. The maximum Gasteiger partial charge on any atom is 0.289 e. The molecule has 7 heteroatoms. The molecule has 1 aliphatic heterocycles. The van der Waals surface area contributed by atoms with Crippen molar-refractivity contribution in [2.75, 3.05) is 6.54 Å². The van der Waals surface area contributed by atoms with Crippen molar-refractivity contribution in [2.24, 2.45) is 5.92 Å². The van der Waals surface area contributed by atoms with Crippen molar-refractivity contribution in [3.05, 3.63) is 17.2 Å². The van der Waals surface area contributed by atoms with E-state index < -0.39 is 0 Å². The van der Waals surface area contributed by atoms with Crippen LogP contribution in [0, 0.1) is 5.92 Å². The van der Waals surface area contributed by atoms with E-state index in [0.717, 1.165) is 25.6 Å². The lowest BCUT2D eigenvalue weighted by Gasteiger charge is -2.23. The minimum Gasteiger partial charge on any atom is -0.504 e. The molecule has 1 saturated carbocycles. The Morgan fingerprint density at radius 1 is 1.56 bits per heavy atom. The molecule has 2 heterocycles. The third-order valence-corrected chi connectivity index (χ3v) is 3.89. The molecule has 96 valence electrons. The highest BCUT2D eigenvalue weighted by Crippen LogP contribution is 2.31. The zero-order valence-electron chi connectivity index (χ0n) is 9.56. The van der Waals surface area contributed by atoms with Crippen LogP contribution in [0.25, 0.3) is 0 Å². The van der Waals surface area contributed by atoms with E-state index in [1.165, 1.54) is 0 Å². The summed E-state index contributed by atoms with van der Waals surface area (Å²) in [7, 11) is 0. The van der Waals surface area contributed by atoms with E-state index in [4.69, 9.17) is 11.6 Å². The lowest BCUT2D eigenvalue weighted by Crippen LogP contribution is -2.44. The Morgan fingerprint density at radius 2 is 2.39 bits per heavy atom. The smallest absolute Gasteiger partial charge is 0.289 e. The van der Waals surface area contributed by atoms with Crippen molar-refractivity contribution >= 4 is 17.5 Å². The molecule has 1 aromatic rings. The van der Waals surface area contributed by atoms with Gasteiger partial charge in [-0.1, -0.05) is 11.6 Å². The SMILES string of the molecule is O=C(NC1CC2CC1CN2)c1ncc(O)c(Cl)n1. The first-order valence-electron chi connectivity index (χ1n) is 5.89. The van der Waals surface area contributed by atoms with Gasteiger partial charge in [-0.25, -0.2) is 9.97 Å². The van der Waals surface area contributed by atoms with E-state index in [1.54, 1.807) is 0 Å². The summed E-state index contributed by atoms with van der Waals surface area (Å²) >= 11 is 5.65. The minimum atomic E-state index is -0.338. The molecule has 2 bridgehead atoms. The Labute approximate surface area is 109 Å². The topological polar surface area (TPSA) is 87.1 Å². The van der Waals surface area contributed by atoms with Crippen LogP contribution in [0.5, 0.6) is 5.75 Å². The zero-order valence-corrected chi connectivity index (χ0v) is 10.3. The zero-order chi connectivity index (χ0) is 12.7. The summed E-state index contributed by atoms with van der Waals surface area (Å²) < 4.78 is 0. The lowest BCUT2D eigenvalue weighted by molar-refractivity contribution is 0.0914. The molecule has 1 aliphatic carbocycles. The van der Waals surface area contributed by atoms with Crippen LogP contribution in [-0.2, 0) is 0 Å². The number of fused-ring (bicyclic) bond motifs is 2. The van der Waals surface area contributed by atoms with Crippen LogP contribution in [0.2, 0.25) is 5.15 Å². The number of hydrogen-bond acceptors (Lipinski definition) is 5. The second kappa shape index (κ2) is 4.37. The van der Waals surface area contributed by atoms with Gasteiger partial charge in [0.25, 0.3) is 5.91 Å². The van der Waals surface area contributed by atoms with Crippen LogP contribution in [0.1, 0.15) is 23.5 Å². The molecular formula is C11H13ClN4O2. The quantitative estimate of drug-likeness (QED) is 0.672. The first-order chi connectivity index (χ1) is 8.63. The number of carbonyl (C=O) groups excluding carboxylic acids is 1. The summed E-state index contributed by atoms with van der Waals surface area (Å²) in [5, 5.41) is 15.4. The fourth-order valence-corrected chi connectivity index (χ4v) is 2.84. The second-order valence-electron chi connectivity index (χ2n) is 4.79. The Morgan fingerprint density at radius 3 is 3.00 bits per heavy atom. The van der Waals surface area contributed by atoms with E-state index in [-0.39, 0.29) is 28.7 Å². The van der Waals surface area contributed by atoms with Gasteiger partial charge in [0.05, 0.1) is 6.20 Å². The van der Waals surface area contributed by atoms with Crippen molar-refractivity contribution in [1.29, 1.82) is 0 Å². The van der Waals surface area contributed by atoms with Gasteiger partial charge in [-0.05, 0) is 18.8 Å². The molecule has 0 spiro atoms. The number of rotatable bonds is 2. The third-order valence-electron chi connectivity index (χ3n) is 3.61. The van der Waals surface area contributed by atoms with Gasteiger partial charge in [-0.2, -0.15) is 0 Å². The Kier molecular flexibility index (Phi) is 2.83. The predicted octanol–water partition coefficient (Wildman–Crippen LogP) is 0.316.